The van der Waals surface area contributed by atoms with Crippen LogP contribution in [0.25, 0.3) is 10.9 Å². The van der Waals surface area contributed by atoms with Crippen molar-refractivity contribution in [1.82, 2.24) is 19.7 Å². The summed E-state index contributed by atoms with van der Waals surface area (Å²) < 4.78 is 2.04. The molecule has 0 aliphatic heterocycles. The van der Waals surface area contributed by atoms with Gasteiger partial charge in [0.15, 0.2) is 10.9 Å². The van der Waals surface area contributed by atoms with E-state index in [-0.39, 0.29) is 11.0 Å². The van der Waals surface area contributed by atoms with Gasteiger partial charge >= 0.3 is 0 Å². The van der Waals surface area contributed by atoms with Gasteiger partial charge in [0.1, 0.15) is 5.82 Å². The third kappa shape index (κ3) is 3.96. The smallest absolute Gasteiger partial charge is 0.192 e. The molecule has 1 unspecified atom stereocenters. The van der Waals surface area contributed by atoms with Gasteiger partial charge in [0.05, 0.1) is 5.25 Å². The quantitative estimate of drug-likeness (QED) is 0.243. The zero-order valence-electron chi connectivity index (χ0n) is 17.1. The van der Waals surface area contributed by atoms with Crippen LogP contribution >= 0.6 is 11.8 Å². The van der Waals surface area contributed by atoms with Gasteiger partial charge in [-0.05, 0) is 25.5 Å². The van der Waals surface area contributed by atoms with Gasteiger partial charge in [-0.2, -0.15) is 0 Å². The first-order valence-electron chi connectivity index (χ1n) is 9.93. The highest BCUT2D eigenvalue weighted by Gasteiger charge is 2.24. The van der Waals surface area contributed by atoms with Crippen LogP contribution < -0.4 is 0 Å². The summed E-state index contributed by atoms with van der Waals surface area (Å²) >= 11 is 1.44. The molecule has 0 aliphatic carbocycles. The number of nitrogens with zero attached hydrogens (tertiary/aromatic N) is 3. The van der Waals surface area contributed by atoms with Gasteiger partial charge in [0.25, 0.3) is 0 Å². The Morgan fingerprint density at radius 2 is 1.90 bits per heavy atom. The van der Waals surface area contributed by atoms with Gasteiger partial charge in [-0.15, -0.1) is 16.8 Å². The highest BCUT2D eigenvalue weighted by Crippen LogP contribution is 2.30. The normalized spacial score (nSPS) is 12.2. The summed E-state index contributed by atoms with van der Waals surface area (Å²) in [5.74, 6) is 0.958. The predicted octanol–water partition coefficient (Wildman–Crippen LogP) is 5.21. The van der Waals surface area contributed by atoms with Crippen LogP contribution in [-0.4, -0.2) is 30.8 Å². The molecular formula is C24H24N4OS. The molecule has 2 heterocycles. The maximum absolute atomic E-state index is 13.3. The lowest BCUT2D eigenvalue weighted by atomic mass is 10.1. The minimum absolute atomic E-state index is 0.0905. The van der Waals surface area contributed by atoms with Crippen molar-refractivity contribution in [2.24, 2.45) is 0 Å². The number of para-hydroxylation sites is 1. The Bertz CT molecular complexity index is 1190. The van der Waals surface area contributed by atoms with Gasteiger partial charge in [-0.3, -0.25) is 4.79 Å². The van der Waals surface area contributed by atoms with Crippen molar-refractivity contribution in [3.8, 4) is 0 Å². The van der Waals surface area contributed by atoms with Crippen LogP contribution in [0, 0.1) is 6.92 Å². The molecule has 152 valence electrons. The number of Topliss-reactive ketones (excluding diaryl/α,β-unsaturated/α-hetero) is 1. The lowest BCUT2D eigenvalue weighted by Crippen LogP contribution is -2.16. The Balaban J connectivity index is 1.59. The van der Waals surface area contributed by atoms with Crippen molar-refractivity contribution in [3.63, 3.8) is 0 Å². The molecule has 0 aliphatic rings. The van der Waals surface area contributed by atoms with Crippen molar-refractivity contribution >= 4 is 28.4 Å². The van der Waals surface area contributed by atoms with Gasteiger partial charge < -0.3 is 9.55 Å². The minimum atomic E-state index is -0.291. The van der Waals surface area contributed by atoms with Gasteiger partial charge in [-0.1, -0.05) is 66.4 Å². The lowest BCUT2D eigenvalue weighted by Gasteiger charge is -2.12. The molecule has 2 aromatic heterocycles. The van der Waals surface area contributed by atoms with Crippen molar-refractivity contribution < 1.29 is 4.79 Å². The number of ketones is 1. The molecule has 1 atom stereocenters. The monoisotopic (exact) mass is 416 g/mol. The largest absolute Gasteiger partial charge is 0.358 e. The Hall–Kier alpha value is -3.12. The van der Waals surface area contributed by atoms with E-state index in [1.54, 1.807) is 0 Å². The summed E-state index contributed by atoms with van der Waals surface area (Å²) in [4.78, 5) is 16.6. The van der Waals surface area contributed by atoms with E-state index in [4.69, 9.17) is 0 Å². The van der Waals surface area contributed by atoms with Gasteiger partial charge in [0, 0.05) is 35.1 Å². The Kier molecular flexibility index (Phi) is 5.86. The third-order valence-electron chi connectivity index (χ3n) is 5.10. The van der Waals surface area contributed by atoms with Crippen LogP contribution in [0.4, 0.5) is 0 Å². The fraction of sp³-hybridized carbons (Fsp3) is 0.208. The highest BCUT2D eigenvalue weighted by molar-refractivity contribution is 8.00. The molecule has 0 bridgehead atoms. The number of nitrogens with one attached hydrogen (secondary N) is 1. The van der Waals surface area contributed by atoms with Crippen molar-refractivity contribution in [2.45, 2.75) is 37.2 Å². The van der Waals surface area contributed by atoms with Crippen molar-refractivity contribution in [1.29, 1.82) is 0 Å². The number of aromatic amines is 1. The van der Waals surface area contributed by atoms with Crippen LogP contribution in [0.2, 0.25) is 0 Å². The first-order chi connectivity index (χ1) is 14.6. The third-order valence-corrected chi connectivity index (χ3v) is 6.18. The number of carbonyl (C=O) groups is 1. The Labute approximate surface area is 180 Å². The molecule has 0 spiro atoms. The van der Waals surface area contributed by atoms with E-state index >= 15 is 0 Å². The lowest BCUT2D eigenvalue weighted by molar-refractivity contribution is 0.0995. The van der Waals surface area contributed by atoms with E-state index in [2.05, 4.69) is 33.9 Å². The standard InChI is InChI=1S/C24H24N4OS/c1-4-14-28-21(15-18-10-6-5-7-11-18)26-27-24(28)30-17(3)23(29)22-16(2)25-20-13-9-8-12-19(20)22/h4-13,17,25H,1,14-15H2,2-3H3. The number of hydrogen-bond donors (Lipinski definition) is 1. The van der Waals surface area contributed by atoms with E-state index in [1.807, 2.05) is 67.0 Å². The minimum Gasteiger partial charge on any atom is -0.358 e. The number of allylic oxidation sites excluding steroid dienone is 1. The summed E-state index contributed by atoms with van der Waals surface area (Å²) in [6.07, 6.45) is 2.52. The molecule has 1 N–H and O–H groups in total. The number of aryl methyl sites for hydroxylation is 1. The molecule has 0 radical (unpaired) electrons. The number of carbonyl (C=O) groups excluding carboxylic acids is 1. The Morgan fingerprint density at radius 1 is 1.17 bits per heavy atom. The van der Waals surface area contributed by atoms with Gasteiger partial charge in [-0.25, -0.2) is 0 Å². The number of H-pyrrole nitrogens is 1. The number of hydrogen-bond acceptors (Lipinski definition) is 4. The summed E-state index contributed by atoms with van der Waals surface area (Å²) in [5.41, 5.74) is 3.80. The van der Waals surface area contributed by atoms with Crippen molar-refractivity contribution in [3.05, 3.63) is 89.9 Å². The summed E-state index contributed by atoms with van der Waals surface area (Å²) in [6.45, 7) is 8.35. The molecule has 5 nitrogen and oxygen atoms in total. The van der Waals surface area contributed by atoms with Crippen LogP contribution in [0.1, 0.15) is 34.4 Å². The molecule has 4 rings (SSSR count). The molecule has 0 saturated carbocycles. The summed E-state index contributed by atoms with van der Waals surface area (Å²) in [6, 6.07) is 18.1. The molecule has 0 fully saturated rings. The second-order valence-electron chi connectivity index (χ2n) is 7.26. The number of rotatable bonds is 8. The van der Waals surface area contributed by atoms with Crippen LogP contribution in [-0.2, 0) is 13.0 Å². The van der Waals surface area contributed by atoms with Crippen LogP contribution in [0.5, 0.6) is 0 Å². The summed E-state index contributed by atoms with van der Waals surface area (Å²) in [5, 5.41) is 10.2. The molecule has 0 amide bonds. The maximum atomic E-state index is 13.3. The van der Waals surface area contributed by atoms with E-state index < -0.39 is 0 Å². The zero-order chi connectivity index (χ0) is 21.1. The SMILES string of the molecule is C=CCn1c(Cc2ccccc2)nnc1SC(C)C(=O)c1c(C)[nH]c2ccccc12. The molecular weight excluding hydrogens is 392 g/mol. The predicted molar refractivity (Wildman–Crippen MR) is 122 cm³/mol. The van der Waals surface area contributed by atoms with Gasteiger partial charge in [0.2, 0.25) is 0 Å². The van der Waals surface area contributed by atoms with E-state index in [9.17, 15) is 4.79 Å². The van der Waals surface area contributed by atoms with E-state index in [0.29, 0.717) is 13.0 Å². The molecule has 4 aromatic rings. The number of benzene rings is 2. The fourth-order valence-electron chi connectivity index (χ4n) is 3.64. The first-order valence-corrected chi connectivity index (χ1v) is 10.8. The van der Waals surface area contributed by atoms with Crippen LogP contribution in [0.3, 0.4) is 0 Å². The molecule has 0 saturated heterocycles. The number of thioether (sulfide) groups is 1. The molecule has 30 heavy (non-hydrogen) atoms. The fourth-order valence-corrected chi connectivity index (χ4v) is 4.57. The average Bonchev–Trinajstić information content (AvgIpc) is 3.28. The second-order valence-corrected chi connectivity index (χ2v) is 8.56. The van der Waals surface area contributed by atoms with E-state index in [0.717, 1.165) is 33.1 Å². The van der Waals surface area contributed by atoms with E-state index in [1.165, 1.54) is 17.3 Å². The zero-order valence-corrected chi connectivity index (χ0v) is 17.9. The number of fused-ring (bicyclic) bond motifs is 1. The highest BCUT2D eigenvalue weighted by atomic mass is 32.2. The maximum Gasteiger partial charge on any atom is 0.192 e. The number of aromatic nitrogens is 4. The average molecular weight is 417 g/mol. The van der Waals surface area contributed by atoms with Crippen molar-refractivity contribution in [2.75, 3.05) is 0 Å². The summed E-state index contributed by atoms with van der Waals surface area (Å²) in [7, 11) is 0. The Morgan fingerprint density at radius 3 is 2.67 bits per heavy atom. The van der Waals surface area contributed by atoms with Crippen LogP contribution in [0.15, 0.2) is 72.4 Å². The topological polar surface area (TPSA) is 63.6 Å². The second kappa shape index (κ2) is 8.71. The molecule has 6 heteroatoms. The molecule has 2 aromatic carbocycles. The first kappa shape index (κ1) is 20.2.